The third-order valence-electron chi connectivity index (χ3n) is 3.75. The second-order valence-corrected chi connectivity index (χ2v) is 5.56. The summed E-state index contributed by atoms with van der Waals surface area (Å²) < 4.78 is 11.3. The van der Waals surface area contributed by atoms with E-state index in [1.165, 1.54) is 12.8 Å². The van der Waals surface area contributed by atoms with E-state index in [2.05, 4.69) is 37.4 Å². The van der Waals surface area contributed by atoms with Crippen LogP contribution in [0, 0.1) is 13.8 Å². The first-order valence-corrected chi connectivity index (χ1v) is 7.15. The molecule has 2 aromatic rings. The van der Waals surface area contributed by atoms with Crippen molar-refractivity contribution in [2.24, 2.45) is 0 Å². The van der Waals surface area contributed by atoms with E-state index >= 15 is 0 Å². The second-order valence-electron chi connectivity index (χ2n) is 5.56. The van der Waals surface area contributed by atoms with Gasteiger partial charge in [0.2, 0.25) is 0 Å². The van der Waals surface area contributed by atoms with Gasteiger partial charge in [0.05, 0.1) is 13.7 Å². The Kier molecular flexibility index (Phi) is 3.53. The van der Waals surface area contributed by atoms with E-state index in [1.807, 2.05) is 6.07 Å². The van der Waals surface area contributed by atoms with Crippen LogP contribution in [0.5, 0.6) is 5.75 Å². The summed E-state index contributed by atoms with van der Waals surface area (Å²) in [4.78, 5) is 0. The quantitative estimate of drug-likeness (QED) is 0.897. The summed E-state index contributed by atoms with van der Waals surface area (Å²) in [5, 5.41) is 3.46. The third-order valence-corrected chi connectivity index (χ3v) is 3.75. The second kappa shape index (κ2) is 5.33. The summed E-state index contributed by atoms with van der Waals surface area (Å²) in [5.41, 5.74) is 3.38. The van der Waals surface area contributed by atoms with Crippen LogP contribution >= 0.6 is 0 Å². The largest absolute Gasteiger partial charge is 0.496 e. The van der Waals surface area contributed by atoms with Gasteiger partial charge in [-0.2, -0.15) is 0 Å². The van der Waals surface area contributed by atoms with E-state index in [0.717, 1.165) is 40.5 Å². The van der Waals surface area contributed by atoms with Gasteiger partial charge in [0.1, 0.15) is 17.3 Å². The van der Waals surface area contributed by atoms with Crippen LogP contribution in [0.3, 0.4) is 0 Å². The number of methoxy groups -OCH3 is 1. The lowest BCUT2D eigenvalue weighted by Gasteiger charge is -2.10. The Morgan fingerprint density at radius 1 is 1.20 bits per heavy atom. The maximum absolute atomic E-state index is 5.93. The number of hydrogen-bond acceptors (Lipinski definition) is 3. The molecule has 0 amide bonds. The molecule has 0 bridgehead atoms. The van der Waals surface area contributed by atoms with E-state index < -0.39 is 0 Å². The van der Waals surface area contributed by atoms with Crippen molar-refractivity contribution >= 4 is 0 Å². The Morgan fingerprint density at radius 2 is 1.90 bits per heavy atom. The van der Waals surface area contributed by atoms with Crippen molar-refractivity contribution in [3.05, 3.63) is 41.2 Å². The molecule has 1 heterocycles. The molecule has 0 radical (unpaired) electrons. The molecule has 20 heavy (non-hydrogen) atoms. The first kappa shape index (κ1) is 13.3. The summed E-state index contributed by atoms with van der Waals surface area (Å²) in [6.45, 7) is 4.94. The normalized spacial score (nSPS) is 14.6. The average Bonchev–Trinajstić information content (AvgIpc) is 3.13. The van der Waals surface area contributed by atoms with Crippen LogP contribution in [-0.2, 0) is 6.54 Å². The molecule has 106 valence electrons. The molecule has 3 heteroatoms. The minimum Gasteiger partial charge on any atom is -0.496 e. The van der Waals surface area contributed by atoms with Crippen LogP contribution in [0.1, 0.15) is 29.7 Å². The molecule has 1 aromatic heterocycles. The Labute approximate surface area is 119 Å². The molecule has 0 aliphatic heterocycles. The van der Waals surface area contributed by atoms with Gasteiger partial charge in [-0.3, -0.25) is 0 Å². The van der Waals surface area contributed by atoms with Gasteiger partial charge >= 0.3 is 0 Å². The Balaban J connectivity index is 1.81. The highest BCUT2D eigenvalue weighted by atomic mass is 16.5. The van der Waals surface area contributed by atoms with Gasteiger partial charge in [-0.15, -0.1) is 0 Å². The van der Waals surface area contributed by atoms with Crippen molar-refractivity contribution in [2.45, 2.75) is 39.3 Å². The molecular formula is C17H21NO2. The SMILES string of the molecule is COc1c(C)cc(-c2ccc(CNC3CC3)o2)cc1C. The van der Waals surface area contributed by atoms with Crippen LogP contribution in [0.2, 0.25) is 0 Å². The fourth-order valence-corrected chi connectivity index (χ4v) is 2.57. The molecule has 1 fully saturated rings. The molecule has 1 aliphatic carbocycles. The molecule has 0 spiro atoms. The molecule has 1 N–H and O–H groups in total. The lowest BCUT2D eigenvalue weighted by molar-refractivity contribution is 0.408. The van der Waals surface area contributed by atoms with Gasteiger partial charge in [0.25, 0.3) is 0 Å². The first-order chi connectivity index (χ1) is 9.67. The van der Waals surface area contributed by atoms with Crippen molar-refractivity contribution < 1.29 is 9.15 Å². The van der Waals surface area contributed by atoms with Gasteiger partial charge in [-0.05, 0) is 62.1 Å². The molecule has 3 rings (SSSR count). The zero-order valence-electron chi connectivity index (χ0n) is 12.3. The molecule has 1 aromatic carbocycles. The molecule has 3 nitrogen and oxygen atoms in total. The predicted molar refractivity (Wildman–Crippen MR) is 80.0 cm³/mol. The smallest absolute Gasteiger partial charge is 0.134 e. The van der Waals surface area contributed by atoms with Crippen LogP contribution in [0.15, 0.2) is 28.7 Å². The number of nitrogens with one attached hydrogen (secondary N) is 1. The van der Waals surface area contributed by atoms with Crippen molar-refractivity contribution in [2.75, 3.05) is 7.11 Å². The zero-order chi connectivity index (χ0) is 14.1. The number of aryl methyl sites for hydroxylation is 2. The topological polar surface area (TPSA) is 34.4 Å². The van der Waals surface area contributed by atoms with Crippen LogP contribution in [-0.4, -0.2) is 13.2 Å². The predicted octanol–water partition coefficient (Wildman–Crippen LogP) is 3.82. The molecule has 0 unspecified atom stereocenters. The number of ether oxygens (including phenoxy) is 1. The van der Waals surface area contributed by atoms with Crippen LogP contribution < -0.4 is 10.1 Å². The minimum atomic E-state index is 0.703. The van der Waals surface area contributed by atoms with Crippen molar-refractivity contribution in [1.29, 1.82) is 0 Å². The molecule has 1 saturated carbocycles. The Hall–Kier alpha value is -1.74. The monoisotopic (exact) mass is 271 g/mol. The minimum absolute atomic E-state index is 0.703. The van der Waals surface area contributed by atoms with Crippen molar-refractivity contribution in [3.63, 3.8) is 0 Å². The van der Waals surface area contributed by atoms with Crippen molar-refractivity contribution in [3.8, 4) is 17.1 Å². The van der Waals surface area contributed by atoms with Crippen LogP contribution in [0.4, 0.5) is 0 Å². The maximum atomic E-state index is 5.93. The highest BCUT2D eigenvalue weighted by Crippen LogP contribution is 2.31. The summed E-state index contributed by atoms with van der Waals surface area (Å²) in [5.74, 6) is 2.88. The number of furan rings is 1. The van der Waals surface area contributed by atoms with Gasteiger partial charge in [0, 0.05) is 11.6 Å². The summed E-state index contributed by atoms with van der Waals surface area (Å²) in [6, 6.07) is 9.03. The van der Waals surface area contributed by atoms with E-state index in [9.17, 15) is 0 Å². The van der Waals surface area contributed by atoms with Gasteiger partial charge in [0.15, 0.2) is 0 Å². The Bertz CT molecular complexity index is 588. The highest BCUT2D eigenvalue weighted by Gasteiger charge is 2.20. The standard InChI is InChI=1S/C17H21NO2/c1-11-8-13(9-12(2)17(11)19-3)16-7-6-15(20-16)10-18-14-4-5-14/h6-9,14,18H,4-5,10H2,1-3H3. The van der Waals surface area contributed by atoms with E-state index in [1.54, 1.807) is 7.11 Å². The molecular weight excluding hydrogens is 250 g/mol. The summed E-state index contributed by atoms with van der Waals surface area (Å²) in [7, 11) is 1.71. The average molecular weight is 271 g/mol. The first-order valence-electron chi connectivity index (χ1n) is 7.15. The summed E-state index contributed by atoms with van der Waals surface area (Å²) >= 11 is 0. The number of benzene rings is 1. The lowest BCUT2D eigenvalue weighted by atomic mass is 10.0. The van der Waals surface area contributed by atoms with E-state index in [4.69, 9.17) is 9.15 Å². The molecule has 1 aliphatic rings. The van der Waals surface area contributed by atoms with Crippen molar-refractivity contribution in [1.82, 2.24) is 5.32 Å². The molecule has 0 atom stereocenters. The lowest BCUT2D eigenvalue weighted by Crippen LogP contribution is -2.14. The number of hydrogen-bond donors (Lipinski definition) is 1. The third kappa shape index (κ3) is 2.73. The fourth-order valence-electron chi connectivity index (χ4n) is 2.57. The van der Waals surface area contributed by atoms with E-state index in [-0.39, 0.29) is 0 Å². The fraction of sp³-hybridized carbons (Fsp3) is 0.412. The van der Waals surface area contributed by atoms with E-state index in [0.29, 0.717) is 6.04 Å². The van der Waals surface area contributed by atoms with Gasteiger partial charge in [-0.1, -0.05) is 0 Å². The van der Waals surface area contributed by atoms with Gasteiger partial charge < -0.3 is 14.5 Å². The highest BCUT2D eigenvalue weighted by molar-refractivity contribution is 5.63. The summed E-state index contributed by atoms with van der Waals surface area (Å²) in [6.07, 6.45) is 2.59. The molecule has 0 saturated heterocycles. The zero-order valence-corrected chi connectivity index (χ0v) is 12.3. The van der Waals surface area contributed by atoms with Crippen LogP contribution in [0.25, 0.3) is 11.3 Å². The maximum Gasteiger partial charge on any atom is 0.134 e. The number of rotatable bonds is 5. The Morgan fingerprint density at radius 3 is 2.50 bits per heavy atom. The van der Waals surface area contributed by atoms with Gasteiger partial charge in [-0.25, -0.2) is 0 Å².